The highest BCUT2D eigenvalue weighted by Gasteiger charge is 2.29. The van der Waals surface area contributed by atoms with Crippen LogP contribution in [0, 0.1) is 5.92 Å². The molecular weight excluding hydrogens is 376 g/mol. The monoisotopic (exact) mass is 402 g/mol. The second-order valence-electron chi connectivity index (χ2n) is 7.51. The first-order chi connectivity index (χ1) is 14.7. The van der Waals surface area contributed by atoms with Gasteiger partial charge in [0, 0.05) is 37.5 Å². The molecule has 4 rings (SSSR count). The standard InChI is InChI=1S/C24H26N4O2/c1-27(20-8-4-3-5-9-20)24(29)19-7-6-14-28(16-19)23-15-22(25-17-26-23)18-10-12-21(30-2)13-11-18/h3-5,8-13,15,17,19H,6-7,14,16H2,1-2H3. The summed E-state index contributed by atoms with van der Waals surface area (Å²) in [5, 5.41) is 0. The predicted molar refractivity (Wildman–Crippen MR) is 119 cm³/mol. The lowest BCUT2D eigenvalue weighted by molar-refractivity contribution is -0.122. The van der Waals surface area contributed by atoms with Gasteiger partial charge in [-0.15, -0.1) is 0 Å². The third-order valence-electron chi connectivity index (χ3n) is 5.61. The average molecular weight is 402 g/mol. The number of aromatic nitrogens is 2. The van der Waals surface area contributed by atoms with E-state index < -0.39 is 0 Å². The summed E-state index contributed by atoms with van der Waals surface area (Å²) in [6.45, 7) is 1.55. The number of carbonyl (C=O) groups is 1. The smallest absolute Gasteiger partial charge is 0.231 e. The first-order valence-corrected chi connectivity index (χ1v) is 10.2. The molecule has 0 bridgehead atoms. The number of hydrogen-bond acceptors (Lipinski definition) is 5. The van der Waals surface area contributed by atoms with Crippen molar-refractivity contribution in [2.75, 3.05) is 37.0 Å². The van der Waals surface area contributed by atoms with Crippen molar-refractivity contribution in [1.82, 2.24) is 9.97 Å². The van der Waals surface area contributed by atoms with Gasteiger partial charge in [-0.25, -0.2) is 9.97 Å². The first kappa shape index (κ1) is 19.9. The van der Waals surface area contributed by atoms with Gasteiger partial charge in [-0.3, -0.25) is 4.79 Å². The molecule has 2 aromatic carbocycles. The van der Waals surface area contributed by atoms with Crippen LogP contribution >= 0.6 is 0 Å². The van der Waals surface area contributed by atoms with Crippen molar-refractivity contribution in [3.05, 3.63) is 67.0 Å². The van der Waals surface area contributed by atoms with Crippen molar-refractivity contribution in [3.8, 4) is 17.0 Å². The highest BCUT2D eigenvalue weighted by molar-refractivity contribution is 5.95. The Balaban J connectivity index is 1.50. The molecule has 154 valence electrons. The van der Waals surface area contributed by atoms with Gasteiger partial charge in [0.05, 0.1) is 18.7 Å². The minimum Gasteiger partial charge on any atom is -0.497 e. The van der Waals surface area contributed by atoms with Crippen LogP contribution in [0.5, 0.6) is 5.75 Å². The molecule has 0 radical (unpaired) electrons. The number of ether oxygens (including phenoxy) is 1. The number of amides is 1. The van der Waals surface area contributed by atoms with E-state index in [4.69, 9.17) is 4.74 Å². The molecule has 6 nitrogen and oxygen atoms in total. The number of nitrogens with zero attached hydrogens (tertiary/aromatic N) is 4. The van der Waals surface area contributed by atoms with E-state index in [1.807, 2.05) is 67.7 Å². The van der Waals surface area contributed by atoms with E-state index in [0.717, 1.165) is 47.9 Å². The zero-order valence-electron chi connectivity index (χ0n) is 17.4. The molecule has 30 heavy (non-hydrogen) atoms. The van der Waals surface area contributed by atoms with E-state index in [9.17, 15) is 4.79 Å². The Labute approximate surface area is 177 Å². The number of rotatable bonds is 5. The molecule has 3 aromatic rings. The number of carbonyl (C=O) groups excluding carboxylic acids is 1. The van der Waals surface area contributed by atoms with Gasteiger partial charge in [0.15, 0.2) is 0 Å². The number of piperidine rings is 1. The van der Waals surface area contributed by atoms with E-state index in [2.05, 4.69) is 14.9 Å². The highest BCUT2D eigenvalue weighted by atomic mass is 16.5. The molecule has 0 aliphatic carbocycles. The fraction of sp³-hybridized carbons (Fsp3) is 0.292. The van der Waals surface area contributed by atoms with Crippen LogP contribution in [0.3, 0.4) is 0 Å². The lowest BCUT2D eigenvalue weighted by atomic mass is 9.96. The van der Waals surface area contributed by atoms with E-state index in [1.54, 1.807) is 18.3 Å². The number of methoxy groups -OCH3 is 1. The second kappa shape index (κ2) is 8.95. The highest BCUT2D eigenvalue weighted by Crippen LogP contribution is 2.27. The molecule has 0 spiro atoms. The summed E-state index contributed by atoms with van der Waals surface area (Å²) >= 11 is 0. The van der Waals surface area contributed by atoms with Crippen molar-refractivity contribution in [2.45, 2.75) is 12.8 Å². The fourth-order valence-corrected chi connectivity index (χ4v) is 3.88. The Kier molecular flexibility index (Phi) is 5.93. The maximum atomic E-state index is 13.1. The average Bonchev–Trinajstić information content (AvgIpc) is 2.84. The van der Waals surface area contributed by atoms with Crippen molar-refractivity contribution < 1.29 is 9.53 Å². The van der Waals surface area contributed by atoms with Crippen LogP contribution in [0.25, 0.3) is 11.3 Å². The van der Waals surface area contributed by atoms with Crippen LogP contribution in [0.1, 0.15) is 12.8 Å². The minimum absolute atomic E-state index is 0.0524. The molecule has 1 unspecified atom stereocenters. The summed E-state index contributed by atoms with van der Waals surface area (Å²) in [5.41, 5.74) is 2.79. The summed E-state index contributed by atoms with van der Waals surface area (Å²) in [6, 6.07) is 19.6. The molecule has 1 fully saturated rings. The van der Waals surface area contributed by atoms with Gasteiger partial charge in [-0.05, 0) is 49.2 Å². The van der Waals surface area contributed by atoms with Crippen LogP contribution in [-0.4, -0.2) is 43.1 Å². The van der Waals surface area contributed by atoms with Crippen LogP contribution in [0.4, 0.5) is 11.5 Å². The van der Waals surface area contributed by atoms with Crippen molar-refractivity contribution in [2.24, 2.45) is 5.92 Å². The van der Waals surface area contributed by atoms with Crippen molar-refractivity contribution >= 4 is 17.4 Å². The maximum absolute atomic E-state index is 13.1. The van der Waals surface area contributed by atoms with Gasteiger partial charge in [0.2, 0.25) is 5.91 Å². The van der Waals surface area contributed by atoms with E-state index in [-0.39, 0.29) is 11.8 Å². The third kappa shape index (κ3) is 4.27. The van der Waals surface area contributed by atoms with Crippen molar-refractivity contribution in [3.63, 3.8) is 0 Å². The van der Waals surface area contributed by atoms with Gasteiger partial charge in [-0.2, -0.15) is 0 Å². The zero-order chi connectivity index (χ0) is 20.9. The fourth-order valence-electron chi connectivity index (χ4n) is 3.88. The Morgan fingerprint density at radius 3 is 2.60 bits per heavy atom. The summed E-state index contributed by atoms with van der Waals surface area (Å²) in [4.78, 5) is 25.9. The summed E-state index contributed by atoms with van der Waals surface area (Å²) in [6.07, 6.45) is 3.44. The molecule has 1 saturated heterocycles. The maximum Gasteiger partial charge on any atom is 0.231 e. The number of anilines is 2. The summed E-state index contributed by atoms with van der Waals surface area (Å²) in [5.74, 6) is 1.77. The van der Waals surface area contributed by atoms with Crippen LogP contribution in [0.2, 0.25) is 0 Å². The Morgan fingerprint density at radius 2 is 1.87 bits per heavy atom. The van der Waals surface area contributed by atoms with E-state index >= 15 is 0 Å². The van der Waals surface area contributed by atoms with Crippen molar-refractivity contribution in [1.29, 1.82) is 0 Å². The molecule has 6 heteroatoms. The Bertz CT molecular complexity index is 992. The number of para-hydroxylation sites is 1. The SMILES string of the molecule is COc1ccc(-c2cc(N3CCCC(C(=O)N(C)c4ccccc4)C3)ncn2)cc1. The predicted octanol–water partition coefficient (Wildman–Crippen LogP) is 4.03. The van der Waals surface area contributed by atoms with E-state index in [0.29, 0.717) is 6.54 Å². The third-order valence-corrected chi connectivity index (χ3v) is 5.61. The quantitative estimate of drug-likeness (QED) is 0.645. The second-order valence-corrected chi connectivity index (χ2v) is 7.51. The minimum atomic E-state index is -0.0524. The van der Waals surface area contributed by atoms with Gasteiger partial charge >= 0.3 is 0 Å². The molecule has 2 heterocycles. The van der Waals surface area contributed by atoms with Crippen LogP contribution in [0.15, 0.2) is 67.0 Å². The molecule has 1 aromatic heterocycles. The largest absolute Gasteiger partial charge is 0.497 e. The normalized spacial score (nSPS) is 16.2. The van der Waals surface area contributed by atoms with E-state index in [1.165, 1.54) is 0 Å². The molecule has 1 aliphatic rings. The molecule has 1 atom stereocenters. The number of hydrogen-bond donors (Lipinski definition) is 0. The topological polar surface area (TPSA) is 58.6 Å². The summed E-state index contributed by atoms with van der Waals surface area (Å²) in [7, 11) is 3.50. The molecular formula is C24H26N4O2. The van der Waals surface area contributed by atoms with Gasteiger partial charge < -0.3 is 14.5 Å². The lowest BCUT2D eigenvalue weighted by Crippen LogP contribution is -2.44. The Hall–Kier alpha value is -3.41. The Morgan fingerprint density at radius 1 is 1.10 bits per heavy atom. The lowest BCUT2D eigenvalue weighted by Gasteiger charge is -2.34. The first-order valence-electron chi connectivity index (χ1n) is 10.2. The van der Waals surface area contributed by atoms with Crippen LogP contribution < -0.4 is 14.5 Å². The van der Waals surface area contributed by atoms with Gasteiger partial charge in [-0.1, -0.05) is 18.2 Å². The number of benzene rings is 2. The summed E-state index contributed by atoms with van der Waals surface area (Å²) < 4.78 is 5.23. The molecule has 0 saturated carbocycles. The zero-order valence-corrected chi connectivity index (χ0v) is 17.4. The van der Waals surface area contributed by atoms with Gasteiger partial charge in [0.25, 0.3) is 0 Å². The molecule has 1 aliphatic heterocycles. The molecule has 0 N–H and O–H groups in total. The van der Waals surface area contributed by atoms with Gasteiger partial charge in [0.1, 0.15) is 17.9 Å². The van der Waals surface area contributed by atoms with Crippen LogP contribution in [-0.2, 0) is 4.79 Å². The molecule has 1 amide bonds.